The van der Waals surface area contributed by atoms with Crippen molar-refractivity contribution in [1.29, 1.82) is 0 Å². The second-order valence-electron chi connectivity index (χ2n) is 4.72. The summed E-state index contributed by atoms with van der Waals surface area (Å²) in [7, 11) is 0. The zero-order chi connectivity index (χ0) is 18.2. The summed E-state index contributed by atoms with van der Waals surface area (Å²) in [6.45, 7) is 2.86. The number of carbonyl (C=O) groups excluding carboxylic acids is 4. The van der Waals surface area contributed by atoms with Crippen LogP contribution in [-0.2, 0) is 23.9 Å². The summed E-state index contributed by atoms with van der Waals surface area (Å²) in [5.74, 6) is -3.63. The molecule has 1 rings (SSSR count). The number of ether oxygens (including phenoxy) is 2. The fourth-order valence-electron chi connectivity index (χ4n) is 2.01. The molecule has 0 atom stereocenters. The fourth-order valence-corrected chi connectivity index (χ4v) is 2.01. The van der Waals surface area contributed by atoms with E-state index in [1.54, 1.807) is 0 Å². The molecule has 0 aliphatic carbocycles. The van der Waals surface area contributed by atoms with Gasteiger partial charge in [-0.1, -0.05) is 12.1 Å². The van der Waals surface area contributed by atoms with Crippen LogP contribution in [0.15, 0.2) is 24.3 Å². The Balaban J connectivity index is 3.24. The molecule has 0 aliphatic rings. The highest BCUT2D eigenvalue weighted by atomic mass is 19.1. The van der Waals surface area contributed by atoms with Crippen molar-refractivity contribution in [2.45, 2.75) is 25.8 Å². The molecule has 0 bridgehead atoms. The van der Waals surface area contributed by atoms with Crippen LogP contribution in [0.3, 0.4) is 0 Å². The molecule has 0 saturated carbocycles. The smallest absolute Gasteiger partial charge is 0.344 e. The molecule has 0 fully saturated rings. The highest BCUT2D eigenvalue weighted by molar-refractivity contribution is 6.12. The van der Waals surface area contributed by atoms with E-state index in [-0.39, 0.29) is 25.2 Å². The summed E-state index contributed by atoms with van der Waals surface area (Å²) in [4.78, 5) is 47.7. The largest absolute Gasteiger partial charge is 0.464 e. The third-order valence-corrected chi connectivity index (χ3v) is 3.13. The number of carbonyl (C=O) groups is 4. The maximum Gasteiger partial charge on any atom is 0.344 e. The van der Waals surface area contributed by atoms with Crippen molar-refractivity contribution in [3.8, 4) is 0 Å². The number of ketones is 1. The molecule has 0 saturated heterocycles. The Morgan fingerprint density at radius 2 is 1.75 bits per heavy atom. The van der Waals surface area contributed by atoms with E-state index in [1.165, 1.54) is 26.0 Å². The molecule has 8 heteroatoms. The molecule has 7 nitrogen and oxygen atoms in total. The van der Waals surface area contributed by atoms with Crippen LogP contribution >= 0.6 is 0 Å². The molecule has 0 unspecified atom stereocenters. The summed E-state index contributed by atoms with van der Waals surface area (Å²) in [6, 6.07) is 4.74. The molecule has 130 valence electrons. The first-order valence-electron chi connectivity index (χ1n) is 7.25. The molecule has 1 amide bonds. The number of halogens is 1. The van der Waals surface area contributed by atoms with Gasteiger partial charge < -0.3 is 14.8 Å². The predicted octanol–water partition coefficient (Wildman–Crippen LogP) is 1.01. The lowest BCUT2D eigenvalue weighted by Gasteiger charge is -2.27. The van der Waals surface area contributed by atoms with E-state index in [2.05, 4.69) is 0 Å². The molecule has 0 aliphatic heterocycles. The quantitative estimate of drug-likeness (QED) is 0.312. The number of esters is 2. The Morgan fingerprint density at radius 1 is 1.17 bits per heavy atom. The van der Waals surface area contributed by atoms with Crippen molar-refractivity contribution in [2.24, 2.45) is 0 Å². The van der Waals surface area contributed by atoms with Crippen molar-refractivity contribution >= 4 is 24.1 Å². The lowest BCUT2D eigenvalue weighted by atomic mass is 9.90. The summed E-state index contributed by atoms with van der Waals surface area (Å²) in [6.07, 6.45) is -0.653. The molecule has 1 aromatic carbocycles. The molecule has 0 heterocycles. The topological polar surface area (TPSA) is 98.8 Å². The molecule has 0 aromatic heterocycles. The average Bonchev–Trinajstić information content (AvgIpc) is 2.54. The van der Waals surface area contributed by atoms with Crippen LogP contribution in [0, 0.1) is 5.82 Å². The number of rotatable bonds is 9. The molecular formula is C16H18FNO6. The van der Waals surface area contributed by atoms with E-state index in [0.29, 0.717) is 0 Å². The normalized spacial score (nSPS) is 10.6. The highest BCUT2D eigenvalue weighted by Crippen LogP contribution is 2.20. The van der Waals surface area contributed by atoms with Gasteiger partial charge in [0.15, 0.2) is 5.78 Å². The Bertz CT molecular complexity index is 613. The van der Waals surface area contributed by atoms with Crippen LogP contribution in [0.5, 0.6) is 0 Å². The van der Waals surface area contributed by atoms with Gasteiger partial charge in [0.05, 0.1) is 19.6 Å². The van der Waals surface area contributed by atoms with Gasteiger partial charge in [0, 0.05) is 5.56 Å². The zero-order valence-electron chi connectivity index (χ0n) is 13.3. The van der Waals surface area contributed by atoms with Crippen LogP contribution in [0.2, 0.25) is 0 Å². The lowest BCUT2D eigenvalue weighted by Crippen LogP contribution is -2.60. The first-order chi connectivity index (χ1) is 11.4. The third-order valence-electron chi connectivity index (χ3n) is 3.13. The fraction of sp³-hybridized carbons (Fsp3) is 0.375. The summed E-state index contributed by atoms with van der Waals surface area (Å²) in [5.41, 5.74) is -2.38. The van der Waals surface area contributed by atoms with Crippen molar-refractivity contribution in [2.75, 3.05) is 13.2 Å². The van der Waals surface area contributed by atoms with Gasteiger partial charge in [-0.3, -0.25) is 9.59 Å². The van der Waals surface area contributed by atoms with Gasteiger partial charge in [-0.25, -0.2) is 14.0 Å². The number of benzene rings is 1. The highest BCUT2D eigenvalue weighted by Gasteiger charge is 2.50. The van der Waals surface area contributed by atoms with Crippen LogP contribution in [0.1, 0.15) is 30.6 Å². The first-order valence-corrected chi connectivity index (χ1v) is 7.25. The number of amides is 1. The summed E-state index contributed by atoms with van der Waals surface area (Å²) in [5, 5.41) is 2.04. The van der Waals surface area contributed by atoms with Crippen LogP contribution < -0.4 is 5.32 Å². The van der Waals surface area contributed by atoms with Gasteiger partial charge in [0.2, 0.25) is 11.9 Å². The van der Waals surface area contributed by atoms with Crippen LogP contribution in [0.25, 0.3) is 0 Å². The van der Waals surface area contributed by atoms with Crippen LogP contribution in [-0.4, -0.2) is 42.9 Å². The summed E-state index contributed by atoms with van der Waals surface area (Å²) >= 11 is 0. The van der Waals surface area contributed by atoms with E-state index < -0.39 is 35.5 Å². The Kier molecular flexibility index (Phi) is 7.03. The number of nitrogens with one attached hydrogen (secondary N) is 1. The SMILES string of the molecule is CCOC(=O)C(CC(=O)c1cccc(F)c1)(NC=O)C(=O)OCC. The van der Waals surface area contributed by atoms with Gasteiger partial charge in [-0.15, -0.1) is 0 Å². The molecule has 0 spiro atoms. The van der Waals surface area contributed by atoms with E-state index in [1.807, 2.05) is 5.32 Å². The van der Waals surface area contributed by atoms with Crippen molar-refractivity contribution in [3.63, 3.8) is 0 Å². The molecule has 1 N–H and O–H groups in total. The molecule has 24 heavy (non-hydrogen) atoms. The van der Waals surface area contributed by atoms with Crippen LogP contribution in [0.4, 0.5) is 4.39 Å². The van der Waals surface area contributed by atoms with E-state index in [9.17, 15) is 23.6 Å². The van der Waals surface area contributed by atoms with E-state index >= 15 is 0 Å². The molecule has 0 radical (unpaired) electrons. The monoisotopic (exact) mass is 339 g/mol. The Morgan fingerprint density at radius 3 is 2.21 bits per heavy atom. The van der Waals surface area contributed by atoms with Gasteiger partial charge in [0.25, 0.3) is 0 Å². The van der Waals surface area contributed by atoms with E-state index in [4.69, 9.17) is 9.47 Å². The minimum Gasteiger partial charge on any atom is -0.464 e. The maximum absolute atomic E-state index is 13.3. The summed E-state index contributed by atoms with van der Waals surface area (Å²) < 4.78 is 22.9. The van der Waals surface area contributed by atoms with Gasteiger partial charge >= 0.3 is 11.9 Å². The minimum absolute atomic E-state index is 0.0549. The predicted molar refractivity (Wildman–Crippen MR) is 80.5 cm³/mol. The van der Waals surface area contributed by atoms with Gasteiger partial charge in [0.1, 0.15) is 5.82 Å². The minimum atomic E-state index is -2.32. The second kappa shape index (κ2) is 8.76. The first kappa shape index (κ1) is 19.3. The molecular weight excluding hydrogens is 321 g/mol. The molecule has 1 aromatic rings. The zero-order valence-corrected chi connectivity index (χ0v) is 13.3. The average molecular weight is 339 g/mol. The standard InChI is InChI=1S/C16H18FNO6/c1-3-23-14(21)16(18-10-19,15(22)24-4-2)9-13(20)11-6-5-7-12(17)8-11/h5-8,10H,3-4,9H2,1-2H3,(H,18,19). The number of Topliss-reactive ketones (excluding diaryl/α,β-unsaturated/α-hetero) is 1. The Labute approximate surface area is 138 Å². The van der Waals surface area contributed by atoms with Crippen molar-refractivity contribution in [3.05, 3.63) is 35.6 Å². The second-order valence-corrected chi connectivity index (χ2v) is 4.72. The number of hydrogen-bond acceptors (Lipinski definition) is 6. The van der Waals surface area contributed by atoms with Gasteiger partial charge in [-0.2, -0.15) is 0 Å². The maximum atomic E-state index is 13.3. The lowest BCUT2D eigenvalue weighted by molar-refractivity contribution is -0.167. The van der Waals surface area contributed by atoms with Gasteiger partial charge in [-0.05, 0) is 26.0 Å². The van der Waals surface area contributed by atoms with Crippen molar-refractivity contribution in [1.82, 2.24) is 5.32 Å². The number of hydrogen-bond donors (Lipinski definition) is 1. The van der Waals surface area contributed by atoms with Crippen molar-refractivity contribution < 1.29 is 33.0 Å². The third kappa shape index (κ3) is 4.37. The van der Waals surface area contributed by atoms with E-state index in [0.717, 1.165) is 12.1 Å². The Hall–Kier alpha value is -2.77.